The van der Waals surface area contributed by atoms with Gasteiger partial charge in [0.15, 0.2) is 0 Å². The zero-order valence-electron chi connectivity index (χ0n) is 19.1. The molecule has 1 N–H and O–H groups in total. The van der Waals surface area contributed by atoms with Crippen molar-refractivity contribution in [1.29, 1.82) is 0 Å². The summed E-state index contributed by atoms with van der Waals surface area (Å²) < 4.78 is 5.25. The van der Waals surface area contributed by atoms with Gasteiger partial charge in [0.05, 0.1) is 18.4 Å². The van der Waals surface area contributed by atoms with Crippen LogP contribution >= 0.6 is 0 Å². The van der Waals surface area contributed by atoms with Gasteiger partial charge in [-0.25, -0.2) is 0 Å². The van der Waals surface area contributed by atoms with E-state index in [1.807, 2.05) is 31.2 Å². The van der Waals surface area contributed by atoms with E-state index in [1.165, 1.54) is 4.90 Å². The molecule has 1 saturated heterocycles. The molecular weight excluding hydrogens is 416 g/mol. The van der Waals surface area contributed by atoms with Crippen LogP contribution in [0.2, 0.25) is 0 Å². The minimum atomic E-state index is -0.849. The Morgan fingerprint density at radius 3 is 2.36 bits per heavy atom. The summed E-state index contributed by atoms with van der Waals surface area (Å²) >= 11 is 0. The summed E-state index contributed by atoms with van der Waals surface area (Å²) in [4.78, 5) is 32.3. The molecule has 1 unspecified atom stereocenters. The van der Waals surface area contributed by atoms with Crippen LogP contribution in [0.1, 0.15) is 48.2 Å². The van der Waals surface area contributed by atoms with Gasteiger partial charge in [-0.05, 0) is 66.4 Å². The Morgan fingerprint density at radius 1 is 1.06 bits per heavy atom. The van der Waals surface area contributed by atoms with Crippen molar-refractivity contribution in [2.24, 2.45) is 0 Å². The van der Waals surface area contributed by atoms with E-state index in [0.717, 1.165) is 11.1 Å². The fraction of sp³-hybridized carbons (Fsp3) is 0.222. The van der Waals surface area contributed by atoms with E-state index in [4.69, 9.17) is 4.74 Å². The van der Waals surface area contributed by atoms with Crippen molar-refractivity contribution in [2.45, 2.75) is 32.7 Å². The fourth-order valence-electron chi connectivity index (χ4n) is 4.11. The first-order chi connectivity index (χ1) is 15.8. The number of methoxy groups -OCH3 is 1. The number of rotatable bonds is 5. The number of ether oxygens (including phenoxy) is 1. The van der Waals surface area contributed by atoms with Crippen LogP contribution in [0, 0.1) is 6.92 Å². The monoisotopic (exact) mass is 442 g/mol. The van der Waals surface area contributed by atoms with Crippen molar-refractivity contribution in [3.63, 3.8) is 0 Å². The molecule has 4 rings (SSSR count). The highest BCUT2D eigenvalue weighted by Crippen LogP contribution is 2.42. The van der Waals surface area contributed by atoms with E-state index >= 15 is 0 Å². The van der Waals surface area contributed by atoms with Gasteiger partial charge in [-0.1, -0.05) is 32.0 Å². The molecule has 0 saturated carbocycles. The number of Topliss-reactive ketones (excluding diaryl/α,β-unsaturated/α-hetero) is 1. The predicted octanol–water partition coefficient (Wildman–Crippen LogP) is 5.15. The molecule has 6 nitrogen and oxygen atoms in total. The van der Waals surface area contributed by atoms with Gasteiger partial charge >= 0.3 is 0 Å². The minimum absolute atomic E-state index is 0.0138. The lowest BCUT2D eigenvalue weighted by atomic mass is 9.96. The highest BCUT2D eigenvalue weighted by Gasteiger charge is 2.47. The molecule has 0 aliphatic carbocycles. The maximum Gasteiger partial charge on any atom is 0.300 e. The maximum absolute atomic E-state index is 13.2. The number of aliphatic hydroxyl groups is 1. The number of carbonyl (C=O) groups is 2. The van der Waals surface area contributed by atoms with Gasteiger partial charge in [-0.2, -0.15) is 0 Å². The van der Waals surface area contributed by atoms with Crippen molar-refractivity contribution in [3.8, 4) is 5.75 Å². The number of carbonyl (C=O) groups excluding carboxylic acids is 2. The lowest BCUT2D eigenvalue weighted by Gasteiger charge is -2.25. The average Bonchev–Trinajstić information content (AvgIpc) is 3.09. The molecule has 1 aliphatic heterocycles. The largest absolute Gasteiger partial charge is 0.507 e. The predicted molar refractivity (Wildman–Crippen MR) is 127 cm³/mol. The molecule has 33 heavy (non-hydrogen) atoms. The van der Waals surface area contributed by atoms with E-state index in [2.05, 4.69) is 18.8 Å². The van der Waals surface area contributed by atoms with E-state index in [-0.39, 0.29) is 11.3 Å². The van der Waals surface area contributed by atoms with Crippen LogP contribution in [0.5, 0.6) is 5.75 Å². The molecule has 1 amide bonds. The van der Waals surface area contributed by atoms with Crippen molar-refractivity contribution in [3.05, 3.63) is 94.8 Å². The molecule has 2 aromatic carbocycles. The number of amides is 1. The summed E-state index contributed by atoms with van der Waals surface area (Å²) in [6.45, 7) is 5.99. The third kappa shape index (κ3) is 4.00. The lowest BCUT2D eigenvalue weighted by molar-refractivity contribution is -0.132. The summed E-state index contributed by atoms with van der Waals surface area (Å²) in [7, 11) is 1.56. The summed E-state index contributed by atoms with van der Waals surface area (Å²) in [5.74, 6) is -0.706. The molecule has 1 fully saturated rings. The Kier molecular flexibility index (Phi) is 6.01. The van der Waals surface area contributed by atoms with Gasteiger partial charge in [-0.3, -0.25) is 19.5 Å². The van der Waals surface area contributed by atoms with Gasteiger partial charge in [0.25, 0.3) is 11.7 Å². The second kappa shape index (κ2) is 8.90. The Balaban J connectivity index is 1.90. The summed E-state index contributed by atoms with van der Waals surface area (Å²) in [5, 5.41) is 11.3. The molecule has 3 aromatic rings. The molecule has 0 spiro atoms. The van der Waals surface area contributed by atoms with Crippen LogP contribution < -0.4 is 9.64 Å². The lowest BCUT2D eigenvalue weighted by Crippen LogP contribution is -2.29. The first kappa shape index (κ1) is 22.3. The number of aliphatic hydroxyl groups excluding tert-OH is 1. The zero-order valence-corrected chi connectivity index (χ0v) is 19.1. The van der Waals surface area contributed by atoms with Crippen molar-refractivity contribution < 1.29 is 19.4 Å². The Hall–Kier alpha value is -3.93. The number of ketones is 1. The summed E-state index contributed by atoms with van der Waals surface area (Å²) in [6.07, 6.45) is 1.61. The topological polar surface area (TPSA) is 79.7 Å². The number of hydrogen-bond acceptors (Lipinski definition) is 5. The third-order valence-electron chi connectivity index (χ3n) is 5.94. The Bertz CT molecular complexity index is 1230. The molecule has 6 heteroatoms. The highest BCUT2D eigenvalue weighted by atomic mass is 16.5. The van der Waals surface area contributed by atoms with Gasteiger partial charge in [0.1, 0.15) is 17.6 Å². The van der Waals surface area contributed by atoms with E-state index in [1.54, 1.807) is 49.7 Å². The number of anilines is 1. The average molecular weight is 443 g/mol. The molecule has 1 aliphatic rings. The Labute approximate surface area is 193 Å². The second-order valence-electron chi connectivity index (χ2n) is 8.35. The fourth-order valence-corrected chi connectivity index (χ4v) is 4.11. The van der Waals surface area contributed by atoms with Gasteiger partial charge in [0.2, 0.25) is 0 Å². The standard InChI is InChI=1S/C27H26N2O4/c1-16(2)18-8-10-19(11-9-18)29-24(22-7-5-6-14-28-22)23(26(31)27(29)32)25(30)21-13-12-20(33-4)15-17(21)3/h5-16,24,30H,1-4H3/b25-23-. The number of benzene rings is 2. The van der Waals surface area contributed by atoms with Crippen molar-refractivity contribution in [2.75, 3.05) is 12.0 Å². The van der Waals surface area contributed by atoms with Gasteiger partial charge < -0.3 is 9.84 Å². The summed E-state index contributed by atoms with van der Waals surface area (Å²) in [5.41, 5.74) is 3.39. The number of aryl methyl sites for hydroxylation is 1. The molecular formula is C27H26N2O4. The molecule has 2 heterocycles. The highest BCUT2D eigenvalue weighted by molar-refractivity contribution is 6.51. The molecule has 0 radical (unpaired) electrons. The maximum atomic E-state index is 13.2. The van der Waals surface area contributed by atoms with Crippen LogP contribution in [0.15, 0.2) is 72.4 Å². The molecule has 168 valence electrons. The quantitative estimate of drug-likeness (QED) is 0.336. The third-order valence-corrected chi connectivity index (χ3v) is 5.94. The molecule has 1 atom stereocenters. The van der Waals surface area contributed by atoms with E-state index in [0.29, 0.717) is 28.6 Å². The van der Waals surface area contributed by atoms with Crippen molar-refractivity contribution in [1.82, 2.24) is 4.98 Å². The Morgan fingerprint density at radius 2 is 1.79 bits per heavy atom. The SMILES string of the molecule is COc1ccc(/C(O)=C2/C(=O)C(=O)N(c3ccc(C(C)C)cc3)C2c2ccccn2)c(C)c1. The molecule has 0 bridgehead atoms. The van der Waals surface area contributed by atoms with Crippen molar-refractivity contribution >= 4 is 23.1 Å². The second-order valence-corrected chi connectivity index (χ2v) is 8.35. The summed E-state index contributed by atoms with van der Waals surface area (Å²) in [6, 6.07) is 17.2. The van der Waals surface area contributed by atoms with E-state index in [9.17, 15) is 14.7 Å². The number of hydrogen-bond donors (Lipinski definition) is 1. The van der Waals surface area contributed by atoms with Gasteiger partial charge in [-0.15, -0.1) is 0 Å². The first-order valence-electron chi connectivity index (χ1n) is 10.8. The van der Waals surface area contributed by atoms with Crippen LogP contribution in [0.25, 0.3) is 5.76 Å². The molecule has 1 aromatic heterocycles. The normalized spacial score (nSPS) is 17.6. The van der Waals surface area contributed by atoms with Crippen LogP contribution in [-0.4, -0.2) is 28.9 Å². The van der Waals surface area contributed by atoms with Crippen LogP contribution in [0.4, 0.5) is 5.69 Å². The smallest absolute Gasteiger partial charge is 0.300 e. The minimum Gasteiger partial charge on any atom is -0.507 e. The first-order valence-corrected chi connectivity index (χ1v) is 10.8. The number of nitrogens with zero attached hydrogens (tertiary/aromatic N) is 2. The van der Waals surface area contributed by atoms with Crippen LogP contribution in [-0.2, 0) is 9.59 Å². The number of pyridine rings is 1. The van der Waals surface area contributed by atoms with Gasteiger partial charge in [0, 0.05) is 17.4 Å². The number of aromatic nitrogens is 1. The van der Waals surface area contributed by atoms with E-state index < -0.39 is 17.7 Å². The van der Waals surface area contributed by atoms with Crippen LogP contribution in [0.3, 0.4) is 0 Å². The zero-order chi connectivity index (χ0) is 23.7.